The van der Waals surface area contributed by atoms with Crippen molar-refractivity contribution in [1.82, 2.24) is 5.32 Å². The molecule has 1 aromatic carbocycles. The summed E-state index contributed by atoms with van der Waals surface area (Å²) < 4.78 is 4.51. The summed E-state index contributed by atoms with van der Waals surface area (Å²) in [6, 6.07) is 7.73. The van der Waals surface area contributed by atoms with E-state index in [-0.39, 0.29) is 0 Å². The summed E-state index contributed by atoms with van der Waals surface area (Å²) >= 11 is 0. The molecule has 1 unspecified atom stereocenters. The van der Waals surface area contributed by atoms with Gasteiger partial charge in [-0.15, -0.1) is 0 Å². The van der Waals surface area contributed by atoms with Gasteiger partial charge in [-0.3, -0.25) is 5.21 Å². The van der Waals surface area contributed by atoms with E-state index in [1.807, 2.05) is 12.1 Å². The molecule has 1 atom stereocenters. The van der Waals surface area contributed by atoms with E-state index in [0.29, 0.717) is 16.8 Å². The molecule has 0 aromatic heterocycles. The van der Waals surface area contributed by atoms with Crippen LogP contribution in [0.25, 0.3) is 0 Å². The third kappa shape index (κ3) is 2.80. The molecule has 1 aliphatic rings. The predicted molar refractivity (Wildman–Crippen MR) is 67.8 cm³/mol. The van der Waals surface area contributed by atoms with Gasteiger partial charge in [-0.1, -0.05) is 18.2 Å². The number of ether oxygens (including phenoxy) is 1. The molecule has 0 radical (unpaired) electrons. The Morgan fingerprint density at radius 1 is 1.56 bits per heavy atom. The Morgan fingerprint density at radius 3 is 3.00 bits per heavy atom. The normalized spacial score (nSPS) is 18.7. The highest BCUT2D eigenvalue weighted by atomic mass is 16.6. The number of nitrogens with one attached hydrogen (secondary N) is 1. The summed E-state index contributed by atoms with van der Waals surface area (Å²) in [6.45, 7) is 1.03. The van der Waals surface area contributed by atoms with Gasteiger partial charge in [0.15, 0.2) is 0 Å². The molecule has 0 bridgehead atoms. The van der Waals surface area contributed by atoms with E-state index in [4.69, 9.17) is 0 Å². The molecule has 1 aromatic rings. The third-order valence-electron chi connectivity index (χ3n) is 3.20. The highest BCUT2D eigenvalue weighted by molar-refractivity contribution is 5.85. The van der Waals surface area contributed by atoms with Gasteiger partial charge in [0, 0.05) is 6.04 Å². The Hall–Kier alpha value is -1.59. The first-order valence-corrected chi connectivity index (χ1v) is 6.10. The van der Waals surface area contributed by atoms with Crippen molar-refractivity contribution in [2.75, 3.05) is 18.7 Å². The minimum Gasteiger partial charge on any atom is -0.451 e. The zero-order valence-electron chi connectivity index (χ0n) is 10.4. The number of benzene rings is 1. The fraction of sp³-hybridized carbons (Fsp3) is 0.462. The molecule has 0 spiro atoms. The number of carbonyl (C=O) groups is 1. The first kappa shape index (κ1) is 12.9. The van der Waals surface area contributed by atoms with Crippen LogP contribution in [0.1, 0.15) is 18.4 Å². The predicted octanol–water partition coefficient (Wildman–Crippen LogP) is 1.94. The van der Waals surface area contributed by atoms with Crippen molar-refractivity contribution in [3.8, 4) is 0 Å². The molecule has 1 amide bonds. The number of amides is 1. The van der Waals surface area contributed by atoms with Gasteiger partial charge in [0.1, 0.15) is 0 Å². The van der Waals surface area contributed by atoms with Crippen LogP contribution in [0.5, 0.6) is 0 Å². The topological polar surface area (TPSA) is 61.8 Å². The first-order chi connectivity index (χ1) is 8.72. The lowest BCUT2D eigenvalue weighted by atomic mass is 10.0. The minimum absolute atomic E-state index is 0.414. The van der Waals surface area contributed by atoms with Gasteiger partial charge in [0.25, 0.3) is 0 Å². The van der Waals surface area contributed by atoms with Crippen molar-refractivity contribution in [2.24, 2.45) is 0 Å². The third-order valence-corrected chi connectivity index (χ3v) is 3.20. The number of carbonyl (C=O) groups excluding carboxylic acids is 1. The molecule has 1 fully saturated rings. The van der Waals surface area contributed by atoms with E-state index in [1.54, 1.807) is 12.1 Å². The summed E-state index contributed by atoms with van der Waals surface area (Å²) in [6.07, 6.45) is 2.32. The minimum atomic E-state index is -0.776. The number of anilines is 1. The van der Waals surface area contributed by atoms with Gasteiger partial charge in [-0.05, 0) is 37.4 Å². The number of methoxy groups -OCH3 is 1. The highest BCUT2D eigenvalue weighted by Crippen LogP contribution is 2.23. The van der Waals surface area contributed by atoms with Crippen molar-refractivity contribution in [3.05, 3.63) is 29.8 Å². The fourth-order valence-electron chi connectivity index (χ4n) is 2.27. The van der Waals surface area contributed by atoms with Crippen LogP contribution >= 0.6 is 0 Å². The number of para-hydroxylation sites is 1. The summed E-state index contributed by atoms with van der Waals surface area (Å²) in [4.78, 5) is 11.3. The zero-order valence-corrected chi connectivity index (χ0v) is 10.4. The van der Waals surface area contributed by atoms with E-state index in [1.165, 1.54) is 13.5 Å². The van der Waals surface area contributed by atoms with Gasteiger partial charge in [-0.25, -0.2) is 4.79 Å². The lowest BCUT2D eigenvalue weighted by Gasteiger charge is -2.19. The van der Waals surface area contributed by atoms with Crippen LogP contribution in [0.3, 0.4) is 0 Å². The number of hydrogen-bond acceptors (Lipinski definition) is 4. The molecule has 1 heterocycles. The molecule has 1 saturated heterocycles. The van der Waals surface area contributed by atoms with E-state index in [0.717, 1.165) is 24.9 Å². The Labute approximate surface area is 106 Å². The van der Waals surface area contributed by atoms with Crippen LogP contribution in [0, 0.1) is 0 Å². The monoisotopic (exact) mass is 250 g/mol. The maximum absolute atomic E-state index is 11.3. The van der Waals surface area contributed by atoms with Gasteiger partial charge in [0.05, 0.1) is 12.8 Å². The van der Waals surface area contributed by atoms with E-state index < -0.39 is 6.09 Å². The first-order valence-electron chi connectivity index (χ1n) is 6.10. The lowest BCUT2D eigenvalue weighted by molar-refractivity contribution is 0.140. The standard InChI is InChI=1S/C13H18N2O3/c1-18-13(16)15(17)12-7-3-2-5-10(12)9-11-6-4-8-14-11/h2-3,5,7,11,14,17H,4,6,8-9H2,1H3. The summed E-state index contributed by atoms with van der Waals surface area (Å²) in [5, 5.41) is 13.7. The highest BCUT2D eigenvalue weighted by Gasteiger charge is 2.20. The molecule has 5 nitrogen and oxygen atoms in total. The Morgan fingerprint density at radius 2 is 2.33 bits per heavy atom. The van der Waals surface area contributed by atoms with Crippen molar-refractivity contribution >= 4 is 11.8 Å². The maximum atomic E-state index is 11.3. The van der Waals surface area contributed by atoms with Crippen LogP contribution in [-0.4, -0.2) is 31.0 Å². The molecule has 1 aliphatic heterocycles. The molecular formula is C13H18N2O3. The second-order valence-electron chi connectivity index (χ2n) is 4.41. The molecule has 98 valence electrons. The van der Waals surface area contributed by atoms with E-state index >= 15 is 0 Å². The van der Waals surface area contributed by atoms with Crippen molar-refractivity contribution in [2.45, 2.75) is 25.3 Å². The second-order valence-corrected chi connectivity index (χ2v) is 4.41. The van der Waals surface area contributed by atoms with Crippen LogP contribution in [0.2, 0.25) is 0 Å². The fourth-order valence-corrected chi connectivity index (χ4v) is 2.27. The lowest BCUT2D eigenvalue weighted by Crippen LogP contribution is -2.29. The van der Waals surface area contributed by atoms with Gasteiger partial charge < -0.3 is 10.1 Å². The van der Waals surface area contributed by atoms with Crippen LogP contribution < -0.4 is 10.4 Å². The summed E-state index contributed by atoms with van der Waals surface area (Å²) in [5.41, 5.74) is 1.42. The summed E-state index contributed by atoms with van der Waals surface area (Å²) in [5.74, 6) is 0. The quantitative estimate of drug-likeness (QED) is 0.635. The SMILES string of the molecule is COC(=O)N(O)c1ccccc1CC1CCCN1. The Balaban J connectivity index is 2.16. The zero-order chi connectivity index (χ0) is 13.0. The van der Waals surface area contributed by atoms with Gasteiger partial charge in [-0.2, -0.15) is 5.06 Å². The van der Waals surface area contributed by atoms with E-state index in [2.05, 4.69) is 10.1 Å². The van der Waals surface area contributed by atoms with Crippen molar-refractivity contribution in [1.29, 1.82) is 0 Å². The molecule has 2 rings (SSSR count). The maximum Gasteiger partial charge on any atom is 0.438 e. The average Bonchev–Trinajstić information content (AvgIpc) is 2.90. The summed E-state index contributed by atoms with van der Waals surface area (Å²) in [7, 11) is 1.24. The molecule has 18 heavy (non-hydrogen) atoms. The Kier molecular flexibility index (Phi) is 4.17. The smallest absolute Gasteiger partial charge is 0.438 e. The van der Waals surface area contributed by atoms with Gasteiger partial charge in [0.2, 0.25) is 0 Å². The Bertz CT molecular complexity index is 416. The van der Waals surface area contributed by atoms with Gasteiger partial charge >= 0.3 is 6.09 Å². The van der Waals surface area contributed by atoms with Crippen LogP contribution in [-0.2, 0) is 11.2 Å². The molecule has 0 aliphatic carbocycles. The molecule has 5 heteroatoms. The van der Waals surface area contributed by atoms with E-state index in [9.17, 15) is 10.0 Å². The average molecular weight is 250 g/mol. The van der Waals surface area contributed by atoms with Crippen LogP contribution in [0.4, 0.5) is 10.5 Å². The van der Waals surface area contributed by atoms with Crippen molar-refractivity contribution in [3.63, 3.8) is 0 Å². The molecule has 2 N–H and O–H groups in total. The molecule has 0 saturated carbocycles. The number of nitrogens with zero attached hydrogens (tertiary/aromatic N) is 1. The van der Waals surface area contributed by atoms with Crippen molar-refractivity contribution < 1.29 is 14.7 Å². The number of hydrogen-bond donors (Lipinski definition) is 2. The number of rotatable bonds is 3. The molecular weight excluding hydrogens is 232 g/mol. The second kappa shape index (κ2) is 5.84. The van der Waals surface area contributed by atoms with Crippen LogP contribution in [0.15, 0.2) is 24.3 Å². The number of hydroxylamine groups is 1. The largest absolute Gasteiger partial charge is 0.451 e.